The van der Waals surface area contributed by atoms with Crippen LogP contribution in [0.1, 0.15) is 27.7 Å². The monoisotopic (exact) mass is 214 g/mol. The summed E-state index contributed by atoms with van der Waals surface area (Å²) in [5.41, 5.74) is 0.298. The number of rotatable bonds is 3. The molecule has 1 heterocycles. The van der Waals surface area contributed by atoms with Gasteiger partial charge in [-0.15, -0.1) is 0 Å². The second-order valence-corrected chi connectivity index (χ2v) is 5.51. The molecule has 15 heavy (non-hydrogen) atoms. The van der Waals surface area contributed by atoms with Gasteiger partial charge >= 0.3 is 0 Å². The van der Waals surface area contributed by atoms with Crippen LogP contribution in [0.5, 0.6) is 0 Å². The summed E-state index contributed by atoms with van der Waals surface area (Å²) in [6.07, 6.45) is 0. The van der Waals surface area contributed by atoms with E-state index in [1.807, 2.05) is 0 Å². The third kappa shape index (κ3) is 3.74. The summed E-state index contributed by atoms with van der Waals surface area (Å²) in [5, 5.41) is 0. The van der Waals surface area contributed by atoms with Gasteiger partial charge in [0.05, 0.1) is 6.61 Å². The molecule has 0 amide bonds. The molecule has 1 aliphatic rings. The van der Waals surface area contributed by atoms with Crippen LogP contribution < -0.4 is 0 Å². The fraction of sp³-hybridized carbons (Fsp3) is 1.00. The van der Waals surface area contributed by atoms with E-state index in [0.29, 0.717) is 11.6 Å². The minimum atomic E-state index is 0.298. The van der Waals surface area contributed by atoms with Gasteiger partial charge in [0.15, 0.2) is 0 Å². The zero-order chi connectivity index (χ0) is 11.5. The highest BCUT2D eigenvalue weighted by molar-refractivity contribution is 4.87. The van der Waals surface area contributed by atoms with E-state index in [2.05, 4.69) is 37.5 Å². The largest absolute Gasteiger partial charge is 0.383 e. The van der Waals surface area contributed by atoms with Crippen molar-refractivity contribution in [2.75, 3.05) is 39.9 Å². The smallest absolute Gasteiger partial charge is 0.0589 e. The standard InChI is InChI=1S/C12H26N2O/c1-11-10-13(8-9-15-5)6-7-14(11)12(2,3)4/h11H,6-10H2,1-5H3/t11-/m1/s1. The molecule has 0 saturated carbocycles. The SMILES string of the molecule is COCCN1CCN(C(C)(C)C)[C@H](C)C1. The topological polar surface area (TPSA) is 15.7 Å². The Morgan fingerprint density at radius 1 is 1.27 bits per heavy atom. The Morgan fingerprint density at radius 3 is 2.40 bits per heavy atom. The normalized spacial score (nSPS) is 25.8. The van der Waals surface area contributed by atoms with Crippen molar-refractivity contribution in [2.45, 2.75) is 39.3 Å². The number of ether oxygens (including phenoxy) is 1. The molecule has 1 saturated heterocycles. The van der Waals surface area contributed by atoms with Crippen LogP contribution in [0.3, 0.4) is 0 Å². The van der Waals surface area contributed by atoms with E-state index in [1.165, 1.54) is 19.6 Å². The summed E-state index contributed by atoms with van der Waals surface area (Å²) in [4.78, 5) is 5.09. The highest BCUT2D eigenvalue weighted by Crippen LogP contribution is 2.20. The van der Waals surface area contributed by atoms with Gasteiger partial charge in [-0.3, -0.25) is 9.80 Å². The van der Waals surface area contributed by atoms with Crippen LogP contribution in [0.15, 0.2) is 0 Å². The first-order valence-corrected chi connectivity index (χ1v) is 5.93. The van der Waals surface area contributed by atoms with Crippen LogP contribution in [-0.4, -0.2) is 61.3 Å². The van der Waals surface area contributed by atoms with Crippen molar-refractivity contribution in [3.8, 4) is 0 Å². The Labute approximate surface area is 94.4 Å². The molecule has 1 atom stereocenters. The van der Waals surface area contributed by atoms with E-state index in [9.17, 15) is 0 Å². The molecule has 1 aliphatic heterocycles. The van der Waals surface area contributed by atoms with E-state index in [4.69, 9.17) is 4.74 Å². The Balaban J connectivity index is 2.41. The summed E-state index contributed by atoms with van der Waals surface area (Å²) < 4.78 is 5.12. The van der Waals surface area contributed by atoms with Crippen molar-refractivity contribution >= 4 is 0 Å². The zero-order valence-corrected chi connectivity index (χ0v) is 10.9. The molecule has 0 spiro atoms. The molecule has 90 valence electrons. The van der Waals surface area contributed by atoms with E-state index < -0.39 is 0 Å². The van der Waals surface area contributed by atoms with Crippen molar-refractivity contribution < 1.29 is 4.74 Å². The Kier molecular flexibility index (Phi) is 4.56. The summed E-state index contributed by atoms with van der Waals surface area (Å²) in [6, 6.07) is 0.649. The maximum Gasteiger partial charge on any atom is 0.0589 e. The van der Waals surface area contributed by atoms with Crippen LogP contribution in [0.4, 0.5) is 0 Å². The fourth-order valence-corrected chi connectivity index (χ4v) is 2.45. The molecule has 0 aromatic heterocycles. The average molecular weight is 214 g/mol. The Bertz CT molecular complexity index is 189. The zero-order valence-electron chi connectivity index (χ0n) is 10.9. The maximum atomic E-state index is 5.12. The lowest BCUT2D eigenvalue weighted by Gasteiger charge is -2.46. The predicted octanol–water partition coefficient (Wildman–Crippen LogP) is 1.44. The van der Waals surface area contributed by atoms with Crippen molar-refractivity contribution in [3.63, 3.8) is 0 Å². The van der Waals surface area contributed by atoms with Gasteiger partial charge in [0.25, 0.3) is 0 Å². The fourth-order valence-electron chi connectivity index (χ4n) is 2.45. The lowest BCUT2D eigenvalue weighted by atomic mass is 10.0. The molecular weight excluding hydrogens is 188 g/mol. The summed E-state index contributed by atoms with van der Waals surface area (Å²) >= 11 is 0. The van der Waals surface area contributed by atoms with Gasteiger partial charge in [-0.2, -0.15) is 0 Å². The predicted molar refractivity (Wildman–Crippen MR) is 64.2 cm³/mol. The molecule has 0 unspecified atom stereocenters. The van der Waals surface area contributed by atoms with Gasteiger partial charge in [0.1, 0.15) is 0 Å². The summed E-state index contributed by atoms with van der Waals surface area (Å²) in [7, 11) is 1.77. The minimum Gasteiger partial charge on any atom is -0.383 e. The molecule has 0 aliphatic carbocycles. The number of methoxy groups -OCH3 is 1. The second kappa shape index (κ2) is 5.28. The van der Waals surface area contributed by atoms with E-state index in [0.717, 1.165) is 13.2 Å². The number of nitrogens with zero attached hydrogens (tertiary/aromatic N) is 2. The van der Waals surface area contributed by atoms with E-state index in [1.54, 1.807) is 7.11 Å². The molecule has 1 rings (SSSR count). The van der Waals surface area contributed by atoms with Crippen LogP contribution in [0, 0.1) is 0 Å². The van der Waals surface area contributed by atoms with Gasteiger partial charge in [-0.05, 0) is 27.7 Å². The van der Waals surface area contributed by atoms with Crippen LogP contribution >= 0.6 is 0 Å². The van der Waals surface area contributed by atoms with E-state index in [-0.39, 0.29) is 0 Å². The van der Waals surface area contributed by atoms with Crippen molar-refractivity contribution in [1.82, 2.24) is 9.80 Å². The maximum absolute atomic E-state index is 5.12. The first kappa shape index (κ1) is 12.9. The summed E-state index contributed by atoms with van der Waals surface area (Å²) in [5.74, 6) is 0. The highest BCUT2D eigenvalue weighted by Gasteiger charge is 2.30. The van der Waals surface area contributed by atoms with Gasteiger partial charge in [0, 0.05) is 44.9 Å². The van der Waals surface area contributed by atoms with Crippen LogP contribution in [-0.2, 0) is 4.74 Å². The van der Waals surface area contributed by atoms with Gasteiger partial charge in [-0.25, -0.2) is 0 Å². The van der Waals surface area contributed by atoms with Crippen molar-refractivity contribution in [3.05, 3.63) is 0 Å². The lowest BCUT2D eigenvalue weighted by Crippen LogP contribution is -2.58. The average Bonchev–Trinajstić information content (AvgIpc) is 2.12. The van der Waals surface area contributed by atoms with Crippen molar-refractivity contribution in [1.29, 1.82) is 0 Å². The Hall–Kier alpha value is -0.120. The molecule has 3 heteroatoms. The quantitative estimate of drug-likeness (QED) is 0.707. The molecule has 0 bridgehead atoms. The van der Waals surface area contributed by atoms with Crippen LogP contribution in [0.25, 0.3) is 0 Å². The highest BCUT2D eigenvalue weighted by atomic mass is 16.5. The first-order chi connectivity index (χ1) is 6.95. The van der Waals surface area contributed by atoms with Gasteiger partial charge in [0.2, 0.25) is 0 Å². The molecule has 0 N–H and O–H groups in total. The molecule has 0 aromatic rings. The second-order valence-electron chi connectivity index (χ2n) is 5.51. The number of hydrogen-bond donors (Lipinski definition) is 0. The number of hydrogen-bond acceptors (Lipinski definition) is 3. The van der Waals surface area contributed by atoms with Gasteiger partial charge in [-0.1, -0.05) is 0 Å². The van der Waals surface area contributed by atoms with Crippen LogP contribution in [0.2, 0.25) is 0 Å². The molecule has 3 nitrogen and oxygen atoms in total. The molecular formula is C12H26N2O. The molecule has 1 fully saturated rings. The number of piperazine rings is 1. The first-order valence-electron chi connectivity index (χ1n) is 5.93. The van der Waals surface area contributed by atoms with Gasteiger partial charge < -0.3 is 4.74 Å². The molecule has 0 radical (unpaired) electrons. The molecule has 0 aromatic carbocycles. The van der Waals surface area contributed by atoms with E-state index >= 15 is 0 Å². The Morgan fingerprint density at radius 2 is 1.93 bits per heavy atom. The third-order valence-electron chi connectivity index (χ3n) is 3.18. The van der Waals surface area contributed by atoms with Crippen molar-refractivity contribution in [2.24, 2.45) is 0 Å². The minimum absolute atomic E-state index is 0.298. The third-order valence-corrected chi connectivity index (χ3v) is 3.18. The summed E-state index contributed by atoms with van der Waals surface area (Å²) in [6.45, 7) is 14.7. The lowest BCUT2D eigenvalue weighted by molar-refractivity contribution is 0.0101.